The van der Waals surface area contributed by atoms with Gasteiger partial charge in [0, 0.05) is 40.3 Å². The molecule has 0 amide bonds. The van der Waals surface area contributed by atoms with Gasteiger partial charge >= 0.3 is 0 Å². The quantitative estimate of drug-likeness (QED) is 0.0727. The summed E-state index contributed by atoms with van der Waals surface area (Å²) in [7, 11) is -6.05. The van der Waals surface area contributed by atoms with Gasteiger partial charge in [-0.05, 0) is 108 Å². The standard InChI is InChI=1S/C78H52S2Si2/c1-5-25-55(26-6-1)81(56-27-7-2-8-28-56,59-33-19-23-53(49-59)63-39-21-41-71-69-37-15-17-43-75(69)79-77(63)71)61-45-47-67-68-48-46-62(52-74(68)66-36-14-13-35-65(66)73(67)51-61)82(57-29-9-3-10-30-57,58-31-11-4-12-32-58)60-34-20-24-54(50-60)64-40-22-42-72-70-38-16-18-44-76(70)80-78(64)72/h1-52H. The number of rotatable bonds is 10. The molecule has 16 rings (SSSR count). The average Bonchev–Trinajstić information content (AvgIpc) is 3.35. The maximum absolute atomic E-state index is 3.03. The van der Waals surface area contributed by atoms with Crippen LogP contribution in [-0.4, -0.2) is 16.1 Å². The summed E-state index contributed by atoms with van der Waals surface area (Å²) in [6.07, 6.45) is 0. The molecule has 14 aromatic carbocycles. The van der Waals surface area contributed by atoms with Crippen LogP contribution in [0, 0.1) is 0 Å². The Morgan fingerprint density at radius 2 is 0.476 bits per heavy atom. The molecule has 2 heterocycles. The first-order chi connectivity index (χ1) is 40.7. The SMILES string of the molecule is c1ccc([Si](c2ccccc2)(c2cccc(-c3cccc4c3sc3ccccc34)c2)c2ccc3c4ccc([Si](c5ccccc5)(c5ccccc5)c5cccc(-c6cccc7c6sc6ccccc67)c5)cc4c4ccccc4c3c2)cc1. The normalized spacial score (nSPS) is 12.1. The first-order valence-corrected chi connectivity index (χ1v) is 33.9. The topological polar surface area (TPSA) is 0 Å². The molecular weight excluding hydrogens is 1060 g/mol. The molecule has 0 fully saturated rings. The molecule has 82 heavy (non-hydrogen) atoms. The van der Waals surface area contributed by atoms with Crippen LogP contribution in [0.25, 0.3) is 94.9 Å². The first-order valence-electron chi connectivity index (χ1n) is 28.3. The summed E-state index contributed by atoms with van der Waals surface area (Å²) >= 11 is 3.80. The highest BCUT2D eigenvalue weighted by Crippen LogP contribution is 2.42. The molecule has 0 aliphatic rings. The highest BCUT2D eigenvalue weighted by atomic mass is 32.1. The van der Waals surface area contributed by atoms with Crippen LogP contribution < -0.4 is 41.5 Å². The second kappa shape index (κ2) is 19.8. The van der Waals surface area contributed by atoms with E-state index in [4.69, 9.17) is 0 Å². The zero-order valence-electron chi connectivity index (χ0n) is 44.8. The number of hydrogen-bond acceptors (Lipinski definition) is 2. The minimum Gasteiger partial charge on any atom is -0.135 e. The van der Waals surface area contributed by atoms with E-state index >= 15 is 0 Å². The Morgan fingerprint density at radius 1 is 0.183 bits per heavy atom. The van der Waals surface area contributed by atoms with Crippen LogP contribution in [0.5, 0.6) is 0 Å². The fourth-order valence-electron chi connectivity index (χ4n) is 14.0. The van der Waals surface area contributed by atoms with E-state index in [-0.39, 0.29) is 0 Å². The van der Waals surface area contributed by atoms with Crippen LogP contribution in [0.2, 0.25) is 0 Å². The van der Waals surface area contributed by atoms with E-state index in [0.717, 1.165) is 0 Å². The molecule has 0 aliphatic heterocycles. The van der Waals surface area contributed by atoms with Crippen molar-refractivity contribution in [3.05, 3.63) is 315 Å². The van der Waals surface area contributed by atoms with Gasteiger partial charge in [-0.15, -0.1) is 22.7 Å². The lowest BCUT2D eigenvalue weighted by molar-refractivity contribution is 1.66. The Kier molecular flexibility index (Phi) is 11.7. The molecule has 0 unspecified atom stereocenters. The minimum atomic E-state index is -3.03. The maximum Gasteiger partial charge on any atom is 0.179 e. The van der Waals surface area contributed by atoms with Gasteiger partial charge in [-0.25, -0.2) is 0 Å². The monoisotopic (exact) mass is 1110 g/mol. The lowest BCUT2D eigenvalue weighted by Crippen LogP contribution is -2.74. The number of thiophene rings is 2. The van der Waals surface area contributed by atoms with Crippen molar-refractivity contribution >= 4 is 153 Å². The average molecular weight is 1110 g/mol. The van der Waals surface area contributed by atoms with Crippen LogP contribution in [0.4, 0.5) is 0 Å². The van der Waals surface area contributed by atoms with Gasteiger partial charge in [0.1, 0.15) is 0 Å². The van der Waals surface area contributed by atoms with E-state index < -0.39 is 16.1 Å². The van der Waals surface area contributed by atoms with Crippen molar-refractivity contribution < 1.29 is 0 Å². The number of hydrogen-bond donors (Lipinski definition) is 0. The van der Waals surface area contributed by atoms with Gasteiger partial charge in [0.15, 0.2) is 16.1 Å². The summed E-state index contributed by atoms with van der Waals surface area (Å²) < 4.78 is 5.31. The molecule has 0 aliphatic carbocycles. The summed E-state index contributed by atoms with van der Waals surface area (Å²) in [6, 6.07) is 120. The Labute approximate surface area is 487 Å². The maximum atomic E-state index is 2.59. The highest BCUT2D eigenvalue weighted by molar-refractivity contribution is 7.27. The highest BCUT2D eigenvalue weighted by Gasteiger charge is 2.44. The second-order valence-corrected chi connectivity index (χ2v) is 31.5. The second-order valence-electron chi connectivity index (χ2n) is 21.8. The van der Waals surface area contributed by atoms with E-state index in [1.54, 1.807) is 0 Å². The van der Waals surface area contributed by atoms with Crippen molar-refractivity contribution in [2.24, 2.45) is 0 Å². The van der Waals surface area contributed by atoms with Crippen molar-refractivity contribution in [3.63, 3.8) is 0 Å². The third kappa shape index (κ3) is 7.53. The number of fused-ring (bicyclic) bond motifs is 12. The largest absolute Gasteiger partial charge is 0.179 e. The molecule has 4 heteroatoms. The van der Waals surface area contributed by atoms with Gasteiger partial charge in [-0.3, -0.25) is 0 Å². The third-order valence-corrected chi connectivity index (χ3v) is 29.5. The predicted octanol–water partition coefficient (Wildman–Crippen LogP) is 16.0. The molecule has 0 saturated carbocycles. The van der Waals surface area contributed by atoms with E-state index in [9.17, 15) is 0 Å². The molecular formula is C78H52S2Si2. The van der Waals surface area contributed by atoms with E-state index in [0.29, 0.717) is 0 Å². The van der Waals surface area contributed by atoms with E-state index in [2.05, 4.69) is 315 Å². The molecule has 0 saturated heterocycles. The Balaban J connectivity index is 0.927. The van der Waals surface area contributed by atoms with Gasteiger partial charge in [-0.1, -0.05) is 303 Å². The van der Waals surface area contributed by atoms with Crippen molar-refractivity contribution in [1.82, 2.24) is 0 Å². The van der Waals surface area contributed by atoms with Gasteiger partial charge in [0.05, 0.1) is 0 Å². The van der Waals surface area contributed by atoms with Gasteiger partial charge in [0.25, 0.3) is 0 Å². The molecule has 0 atom stereocenters. The molecule has 0 radical (unpaired) electrons. The Bertz CT molecular complexity index is 4680. The van der Waals surface area contributed by atoms with Crippen molar-refractivity contribution in [2.45, 2.75) is 0 Å². The Hall–Kier alpha value is -9.27. The molecule has 16 aromatic rings. The Morgan fingerprint density at radius 3 is 0.866 bits per heavy atom. The summed E-state index contributed by atoms with van der Waals surface area (Å²) in [5.74, 6) is 0. The molecule has 384 valence electrons. The van der Waals surface area contributed by atoms with Crippen molar-refractivity contribution in [2.75, 3.05) is 0 Å². The molecule has 0 nitrogen and oxygen atoms in total. The van der Waals surface area contributed by atoms with E-state index in [1.807, 2.05) is 22.7 Å². The molecule has 0 spiro atoms. The van der Waals surface area contributed by atoms with Gasteiger partial charge in [0.2, 0.25) is 0 Å². The smallest absolute Gasteiger partial charge is 0.135 e. The predicted molar refractivity (Wildman–Crippen MR) is 363 cm³/mol. The van der Waals surface area contributed by atoms with E-state index in [1.165, 1.54) is 136 Å². The summed E-state index contributed by atoms with van der Waals surface area (Å²) in [4.78, 5) is 0. The third-order valence-electron chi connectivity index (χ3n) is 17.6. The van der Waals surface area contributed by atoms with Gasteiger partial charge in [-0.2, -0.15) is 0 Å². The first kappa shape index (κ1) is 48.6. The van der Waals surface area contributed by atoms with Crippen molar-refractivity contribution in [3.8, 4) is 22.3 Å². The van der Waals surface area contributed by atoms with Crippen LogP contribution in [-0.2, 0) is 0 Å². The van der Waals surface area contributed by atoms with Crippen LogP contribution in [0.15, 0.2) is 315 Å². The summed E-state index contributed by atoms with van der Waals surface area (Å²) in [5.41, 5.74) is 5.06. The van der Waals surface area contributed by atoms with Crippen LogP contribution in [0.1, 0.15) is 0 Å². The zero-order chi connectivity index (χ0) is 54.2. The lowest BCUT2D eigenvalue weighted by Gasteiger charge is -2.35. The van der Waals surface area contributed by atoms with Crippen molar-refractivity contribution in [1.29, 1.82) is 0 Å². The van der Waals surface area contributed by atoms with Crippen LogP contribution in [0.3, 0.4) is 0 Å². The molecule has 0 N–H and O–H groups in total. The summed E-state index contributed by atoms with van der Waals surface area (Å²) in [5, 5.41) is 23.8. The zero-order valence-corrected chi connectivity index (χ0v) is 48.5. The molecule has 2 aromatic heterocycles. The summed E-state index contributed by atoms with van der Waals surface area (Å²) in [6.45, 7) is 0. The minimum absolute atomic E-state index is 1.25. The molecule has 0 bridgehead atoms. The fraction of sp³-hybridized carbons (Fsp3) is 0. The number of benzene rings is 14. The fourth-order valence-corrected chi connectivity index (χ4v) is 26.0. The van der Waals surface area contributed by atoms with Gasteiger partial charge < -0.3 is 0 Å². The lowest BCUT2D eigenvalue weighted by atomic mass is 9.94. The van der Waals surface area contributed by atoms with Crippen LogP contribution >= 0.6 is 22.7 Å².